The Bertz CT molecular complexity index is 520. The van der Waals surface area contributed by atoms with Crippen LogP contribution in [0.25, 0.3) is 0 Å². The van der Waals surface area contributed by atoms with Gasteiger partial charge in [-0.3, -0.25) is 0 Å². The Hall–Kier alpha value is -1.80. The highest BCUT2D eigenvalue weighted by Gasteiger charge is 2.34. The van der Waals surface area contributed by atoms with Gasteiger partial charge in [-0.1, -0.05) is 0 Å². The molecule has 1 aromatic rings. The second kappa shape index (κ2) is 5.53. The van der Waals surface area contributed by atoms with Crippen LogP contribution >= 0.6 is 0 Å². The average Bonchev–Trinajstić information content (AvgIpc) is 2.44. The number of anilines is 3. The van der Waals surface area contributed by atoms with E-state index in [1.165, 1.54) is 0 Å². The lowest BCUT2D eigenvalue weighted by Crippen LogP contribution is -2.57. The fraction of sp³-hybridized carbons (Fsp3) is 0.692. The lowest BCUT2D eigenvalue weighted by molar-refractivity contribution is 0.0803. The number of hydrogen-bond acceptors (Lipinski definition) is 8. The molecule has 0 radical (unpaired) electrons. The van der Waals surface area contributed by atoms with E-state index in [9.17, 15) is 0 Å². The van der Waals surface area contributed by atoms with Crippen LogP contribution in [-0.2, 0) is 4.74 Å². The normalized spacial score (nSPS) is 22.8. The molecule has 21 heavy (non-hydrogen) atoms. The van der Waals surface area contributed by atoms with Crippen LogP contribution in [0.2, 0.25) is 0 Å². The molecule has 1 aromatic heterocycles. The summed E-state index contributed by atoms with van der Waals surface area (Å²) in [6, 6.07) is 0.528. The molecule has 2 aliphatic heterocycles. The van der Waals surface area contributed by atoms with E-state index in [1.54, 1.807) is 7.11 Å². The molecule has 0 saturated carbocycles. The Labute approximate surface area is 124 Å². The molecule has 116 valence electrons. The summed E-state index contributed by atoms with van der Waals surface area (Å²) in [5.74, 6) is 2.34. The highest BCUT2D eigenvalue weighted by atomic mass is 16.5. The number of nitrogens with zero attached hydrogens (tertiary/aromatic N) is 3. The molecule has 3 heterocycles. The first kappa shape index (κ1) is 14.2. The van der Waals surface area contributed by atoms with Crippen molar-refractivity contribution in [1.29, 1.82) is 0 Å². The molecule has 4 N–H and O–H groups in total. The minimum Gasteiger partial charge on any atom is -0.484 e. The molecular formula is C13H22N6O2. The monoisotopic (exact) mass is 294 g/mol. The van der Waals surface area contributed by atoms with Crippen molar-refractivity contribution >= 4 is 17.6 Å². The molecule has 0 aliphatic carbocycles. The maximum absolute atomic E-state index is 5.89. The van der Waals surface area contributed by atoms with E-state index in [4.69, 9.17) is 15.2 Å². The summed E-state index contributed by atoms with van der Waals surface area (Å²) in [6.45, 7) is 4.29. The number of rotatable bonds is 4. The molecule has 8 nitrogen and oxygen atoms in total. The second-order valence-electron chi connectivity index (χ2n) is 5.48. The number of methoxy groups -OCH3 is 1. The molecule has 0 spiro atoms. The maximum Gasteiger partial charge on any atom is 0.224 e. The Balaban J connectivity index is 1.83. The van der Waals surface area contributed by atoms with Crippen LogP contribution in [0, 0.1) is 0 Å². The lowest BCUT2D eigenvalue weighted by atomic mass is 10.1. The van der Waals surface area contributed by atoms with Crippen LogP contribution in [0.15, 0.2) is 0 Å². The molecular weight excluding hydrogens is 272 g/mol. The van der Waals surface area contributed by atoms with Crippen molar-refractivity contribution < 1.29 is 9.47 Å². The smallest absolute Gasteiger partial charge is 0.224 e. The van der Waals surface area contributed by atoms with Gasteiger partial charge in [0.25, 0.3) is 0 Å². The van der Waals surface area contributed by atoms with Gasteiger partial charge >= 0.3 is 0 Å². The van der Waals surface area contributed by atoms with E-state index in [0.29, 0.717) is 24.2 Å². The number of nitrogen functional groups attached to an aromatic ring is 1. The van der Waals surface area contributed by atoms with Gasteiger partial charge in [0, 0.05) is 26.2 Å². The number of likely N-dealkylation sites (N-methyl/N-ethyl adjacent to an activating group) is 1. The van der Waals surface area contributed by atoms with Crippen LogP contribution in [0.3, 0.4) is 0 Å². The number of hydrogen-bond donors (Lipinski definition) is 3. The molecule has 8 heteroatoms. The molecule has 1 saturated heterocycles. The van der Waals surface area contributed by atoms with Gasteiger partial charge in [-0.2, -0.15) is 9.97 Å². The van der Waals surface area contributed by atoms with E-state index >= 15 is 0 Å². The standard InChI is InChI=1S/C13H22N6O2/c1-7(20-3)9-6-21-10-11(16-9)17-13(14)18-12(10)19-4-8(5-19)15-2/h7-9,15H,4-6H2,1-3H3,(H3,14,16,17,18)/t7-,9?/m0/s1. The summed E-state index contributed by atoms with van der Waals surface area (Å²) in [4.78, 5) is 10.7. The third-order valence-corrected chi connectivity index (χ3v) is 4.12. The van der Waals surface area contributed by atoms with Crippen molar-refractivity contribution in [3.8, 4) is 5.75 Å². The van der Waals surface area contributed by atoms with Crippen LogP contribution in [0.1, 0.15) is 6.92 Å². The van der Waals surface area contributed by atoms with Crippen molar-refractivity contribution in [2.75, 3.05) is 49.8 Å². The van der Waals surface area contributed by atoms with Crippen LogP contribution in [0.5, 0.6) is 5.75 Å². The predicted molar refractivity (Wildman–Crippen MR) is 80.9 cm³/mol. The summed E-state index contributed by atoms with van der Waals surface area (Å²) in [6.07, 6.45) is 0.0236. The first-order valence-electron chi connectivity index (χ1n) is 7.14. The fourth-order valence-corrected chi connectivity index (χ4v) is 2.54. The van der Waals surface area contributed by atoms with Gasteiger partial charge in [-0.15, -0.1) is 0 Å². The van der Waals surface area contributed by atoms with Crippen molar-refractivity contribution in [3.63, 3.8) is 0 Å². The van der Waals surface area contributed by atoms with Crippen LogP contribution in [0.4, 0.5) is 17.6 Å². The molecule has 3 rings (SSSR count). The van der Waals surface area contributed by atoms with Gasteiger partial charge in [0.15, 0.2) is 11.6 Å². The summed E-state index contributed by atoms with van der Waals surface area (Å²) >= 11 is 0. The van der Waals surface area contributed by atoms with E-state index in [0.717, 1.165) is 18.9 Å². The summed E-state index contributed by atoms with van der Waals surface area (Å²) < 4.78 is 11.2. The van der Waals surface area contributed by atoms with Crippen LogP contribution in [-0.4, -0.2) is 62.0 Å². The van der Waals surface area contributed by atoms with Gasteiger partial charge in [-0.05, 0) is 14.0 Å². The predicted octanol–water partition coefficient (Wildman–Crippen LogP) is -0.325. The third-order valence-electron chi connectivity index (χ3n) is 4.12. The van der Waals surface area contributed by atoms with Crippen molar-refractivity contribution in [3.05, 3.63) is 0 Å². The number of aromatic nitrogens is 2. The van der Waals surface area contributed by atoms with Gasteiger partial charge < -0.3 is 30.7 Å². The Morgan fingerprint density at radius 2 is 2.24 bits per heavy atom. The largest absolute Gasteiger partial charge is 0.484 e. The maximum atomic E-state index is 5.89. The molecule has 0 bridgehead atoms. The zero-order valence-corrected chi connectivity index (χ0v) is 12.6. The molecule has 0 aromatic carbocycles. The zero-order valence-electron chi connectivity index (χ0n) is 12.6. The number of fused-ring (bicyclic) bond motifs is 1. The number of nitrogens with two attached hydrogens (primary N) is 1. The highest BCUT2D eigenvalue weighted by Crippen LogP contribution is 2.38. The number of ether oxygens (including phenoxy) is 2. The van der Waals surface area contributed by atoms with Gasteiger partial charge in [0.1, 0.15) is 6.61 Å². The van der Waals surface area contributed by atoms with Crippen molar-refractivity contribution in [2.24, 2.45) is 0 Å². The van der Waals surface area contributed by atoms with Gasteiger partial charge in [-0.25, -0.2) is 0 Å². The summed E-state index contributed by atoms with van der Waals surface area (Å²) in [7, 11) is 3.64. The molecule has 2 aliphatic rings. The van der Waals surface area contributed by atoms with Crippen molar-refractivity contribution in [1.82, 2.24) is 15.3 Å². The first-order chi connectivity index (χ1) is 10.1. The average molecular weight is 294 g/mol. The van der Waals surface area contributed by atoms with Crippen LogP contribution < -0.4 is 26.0 Å². The zero-order chi connectivity index (χ0) is 15.0. The first-order valence-corrected chi connectivity index (χ1v) is 7.14. The lowest BCUT2D eigenvalue weighted by Gasteiger charge is -2.41. The van der Waals surface area contributed by atoms with E-state index in [1.807, 2.05) is 14.0 Å². The highest BCUT2D eigenvalue weighted by molar-refractivity contribution is 5.69. The molecule has 2 atom stereocenters. The minimum atomic E-state index is 0.0236. The third kappa shape index (κ3) is 2.56. The Morgan fingerprint density at radius 1 is 1.48 bits per heavy atom. The van der Waals surface area contributed by atoms with E-state index in [2.05, 4.69) is 25.5 Å². The second-order valence-corrected chi connectivity index (χ2v) is 5.48. The van der Waals surface area contributed by atoms with E-state index < -0.39 is 0 Å². The fourth-order valence-electron chi connectivity index (χ4n) is 2.54. The van der Waals surface area contributed by atoms with Gasteiger partial charge in [0.05, 0.1) is 12.1 Å². The summed E-state index contributed by atoms with van der Waals surface area (Å²) in [5.41, 5.74) is 5.83. The van der Waals surface area contributed by atoms with Crippen molar-refractivity contribution in [2.45, 2.75) is 25.1 Å². The molecule has 1 unspecified atom stereocenters. The topological polar surface area (TPSA) is 97.6 Å². The SMILES string of the molecule is CNC1CN(c2nc(N)nc3c2OCC([C@H](C)OC)N3)C1. The summed E-state index contributed by atoms with van der Waals surface area (Å²) in [5, 5.41) is 6.57. The minimum absolute atomic E-state index is 0.0236. The molecule has 1 fully saturated rings. The van der Waals surface area contributed by atoms with E-state index in [-0.39, 0.29) is 18.1 Å². The Morgan fingerprint density at radius 3 is 2.90 bits per heavy atom. The Kier molecular flexibility index (Phi) is 3.73. The van der Waals surface area contributed by atoms with Gasteiger partial charge in [0.2, 0.25) is 11.7 Å². The number of nitrogens with one attached hydrogen (secondary N) is 2. The molecule has 0 amide bonds. The quantitative estimate of drug-likeness (QED) is 0.695.